The minimum absolute atomic E-state index is 0.0581. The van der Waals surface area contributed by atoms with E-state index in [1.165, 1.54) is 12.1 Å². The van der Waals surface area contributed by atoms with Gasteiger partial charge in [-0.25, -0.2) is 4.79 Å². The van der Waals surface area contributed by atoms with Crippen molar-refractivity contribution in [2.45, 2.75) is 51.2 Å². The molecule has 1 aliphatic rings. The molecule has 0 bridgehead atoms. The number of aliphatic carboxylic acids is 1. The maximum Gasteiger partial charge on any atom is 0.326 e. The van der Waals surface area contributed by atoms with E-state index in [1.807, 2.05) is 0 Å². The Balaban J connectivity index is 2.03. The number of aromatic hydroxyl groups is 1. The normalized spacial score (nSPS) is 17.6. The van der Waals surface area contributed by atoms with Crippen LogP contribution in [0.1, 0.15) is 32.3 Å². The molecule has 31 heavy (non-hydrogen) atoms. The standard InChI is InChI=1S/C21H30N4O6/c1-12(2)18(21(30)31)25-20(29)16(10-13-5-7-14(26)8-6-13)24-17(27)11-23-19(28)15-4-3-9-22-15/h5-8,12,15-16,18,22,26H,3-4,9-11H2,1-2H3,(H,23,28)(H,24,27)(H,25,29)(H,30,31). The number of benzene rings is 1. The van der Waals surface area contributed by atoms with Gasteiger partial charge in [-0.3, -0.25) is 14.4 Å². The fourth-order valence-corrected chi connectivity index (χ4v) is 3.29. The number of amides is 3. The van der Waals surface area contributed by atoms with Gasteiger partial charge < -0.3 is 31.5 Å². The van der Waals surface area contributed by atoms with E-state index in [9.17, 15) is 29.4 Å². The number of carboxylic acids is 1. The Morgan fingerprint density at radius 2 is 1.81 bits per heavy atom. The van der Waals surface area contributed by atoms with Crippen LogP contribution in [0, 0.1) is 5.92 Å². The van der Waals surface area contributed by atoms with Crippen molar-refractivity contribution < 1.29 is 29.4 Å². The molecule has 6 N–H and O–H groups in total. The third kappa shape index (κ3) is 7.56. The second-order valence-electron chi connectivity index (χ2n) is 7.93. The number of carbonyl (C=O) groups is 4. The summed E-state index contributed by atoms with van der Waals surface area (Å²) in [6.45, 7) is 3.78. The third-order valence-electron chi connectivity index (χ3n) is 5.06. The maximum absolute atomic E-state index is 12.8. The van der Waals surface area contributed by atoms with Crippen LogP contribution in [-0.2, 0) is 25.6 Å². The van der Waals surface area contributed by atoms with Crippen molar-refractivity contribution >= 4 is 23.7 Å². The van der Waals surface area contributed by atoms with Crippen LogP contribution in [0.4, 0.5) is 0 Å². The van der Waals surface area contributed by atoms with E-state index in [0.717, 1.165) is 13.0 Å². The molecule has 3 atom stereocenters. The van der Waals surface area contributed by atoms with E-state index >= 15 is 0 Å². The predicted molar refractivity (Wildman–Crippen MR) is 112 cm³/mol. The second kappa shape index (κ2) is 11.3. The van der Waals surface area contributed by atoms with Gasteiger partial charge in [0.2, 0.25) is 17.7 Å². The van der Waals surface area contributed by atoms with Crippen molar-refractivity contribution in [2.75, 3.05) is 13.1 Å². The van der Waals surface area contributed by atoms with Gasteiger partial charge in [-0.05, 0) is 43.0 Å². The lowest BCUT2D eigenvalue weighted by atomic mass is 10.0. The number of carboxylic acid groups (broad SMARTS) is 1. The van der Waals surface area contributed by atoms with Crippen LogP contribution < -0.4 is 21.3 Å². The van der Waals surface area contributed by atoms with Crippen LogP contribution in [0.15, 0.2) is 24.3 Å². The van der Waals surface area contributed by atoms with Crippen LogP contribution >= 0.6 is 0 Å². The monoisotopic (exact) mass is 434 g/mol. The molecule has 2 rings (SSSR count). The lowest BCUT2D eigenvalue weighted by Crippen LogP contribution is -2.55. The summed E-state index contributed by atoms with van der Waals surface area (Å²) in [4.78, 5) is 48.7. The second-order valence-corrected chi connectivity index (χ2v) is 7.93. The maximum atomic E-state index is 12.8. The Hall–Kier alpha value is -3.14. The number of rotatable bonds is 10. The molecule has 1 aromatic rings. The molecular weight excluding hydrogens is 404 g/mol. The summed E-state index contributed by atoms with van der Waals surface area (Å²) in [5.41, 5.74) is 0.661. The van der Waals surface area contributed by atoms with Crippen LogP contribution in [0.3, 0.4) is 0 Å². The first-order valence-corrected chi connectivity index (χ1v) is 10.3. The molecule has 10 heteroatoms. The minimum atomic E-state index is -1.17. The van der Waals surface area contributed by atoms with Gasteiger partial charge >= 0.3 is 5.97 Å². The van der Waals surface area contributed by atoms with Crippen LogP contribution in [0.2, 0.25) is 0 Å². The number of hydrogen-bond donors (Lipinski definition) is 6. The van der Waals surface area contributed by atoms with Gasteiger partial charge in [0.1, 0.15) is 17.8 Å². The van der Waals surface area contributed by atoms with E-state index in [0.29, 0.717) is 12.0 Å². The largest absolute Gasteiger partial charge is 0.508 e. The first kappa shape index (κ1) is 24.1. The van der Waals surface area contributed by atoms with Gasteiger partial charge in [0, 0.05) is 6.42 Å². The fraction of sp³-hybridized carbons (Fsp3) is 0.524. The molecule has 170 valence electrons. The Morgan fingerprint density at radius 1 is 1.13 bits per heavy atom. The highest BCUT2D eigenvalue weighted by molar-refractivity contribution is 5.92. The Labute approximate surface area is 180 Å². The molecule has 10 nitrogen and oxygen atoms in total. The summed E-state index contributed by atoms with van der Waals surface area (Å²) in [7, 11) is 0. The molecule has 0 aromatic heterocycles. The smallest absolute Gasteiger partial charge is 0.326 e. The molecular formula is C21H30N4O6. The van der Waals surface area contributed by atoms with Gasteiger partial charge in [0.15, 0.2) is 0 Å². The summed E-state index contributed by atoms with van der Waals surface area (Å²) >= 11 is 0. The lowest BCUT2D eigenvalue weighted by molar-refractivity contribution is -0.143. The molecule has 0 aliphatic carbocycles. The van der Waals surface area contributed by atoms with Crippen LogP contribution in [-0.4, -0.2) is 65.1 Å². The lowest BCUT2D eigenvalue weighted by Gasteiger charge is -2.23. The zero-order valence-electron chi connectivity index (χ0n) is 17.7. The quantitative estimate of drug-likeness (QED) is 0.290. The number of carbonyl (C=O) groups excluding carboxylic acids is 3. The Kier molecular flexibility index (Phi) is 8.80. The Morgan fingerprint density at radius 3 is 2.35 bits per heavy atom. The first-order chi connectivity index (χ1) is 14.7. The molecule has 1 aromatic carbocycles. The third-order valence-corrected chi connectivity index (χ3v) is 5.06. The highest BCUT2D eigenvalue weighted by Crippen LogP contribution is 2.12. The highest BCUT2D eigenvalue weighted by atomic mass is 16.4. The highest BCUT2D eigenvalue weighted by Gasteiger charge is 2.29. The van der Waals surface area contributed by atoms with E-state index in [2.05, 4.69) is 21.3 Å². The summed E-state index contributed by atoms with van der Waals surface area (Å²) in [6, 6.07) is 3.62. The van der Waals surface area contributed by atoms with E-state index in [1.54, 1.807) is 26.0 Å². The zero-order chi connectivity index (χ0) is 23.0. The fourth-order valence-electron chi connectivity index (χ4n) is 3.29. The van der Waals surface area contributed by atoms with Crippen molar-refractivity contribution in [2.24, 2.45) is 5.92 Å². The predicted octanol–water partition coefficient (Wildman–Crippen LogP) is -0.487. The molecule has 1 aliphatic heterocycles. The molecule has 3 amide bonds. The molecule has 1 heterocycles. The Bertz CT molecular complexity index is 790. The van der Waals surface area contributed by atoms with Crippen molar-refractivity contribution in [1.82, 2.24) is 21.3 Å². The van der Waals surface area contributed by atoms with Crippen molar-refractivity contribution in [1.29, 1.82) is 0 Å². The first-order valence-electron chi connectivity index (χ1n) is 10.3. The van der Waals surface area contributed by atoms with Crippen molar-refractivity contribution in [3.63, 3.8) is 0 Å². The van der Waals surface area contributed by atoms with E-state index in [-0.39, 0.29) is 36.6 Å². The molecule has 3 unspecified atom stereocenters. The summed E-state index contributed by atoms with van der Waals surface area (Å²) in [5, 5.41) is 29.4. The molecule has 0 radical (unpaired) electrons. The van der Waals surface area contributed by atoms with Gasteiger partial charge in [-0.2, -0.15) is 0 Å². The summed E-state index contributed by atoms with van der Waals surface area (Å²) in [5.74, 6) is -2.97. The molecule has 1 saturated heterocycles. The van der Waals surface area contributed by atoms with Crippen LogP contribution in [0.5, 0.6) is 5.75 Å². The zero-order valence-corrected chi connectivity index (χ0v) is 17.7. The summed E-state index contributed by atoms with van der Waals surface area (Å²) in [6.07, 6.45) is 1.67. The van der Waals surface area contributed by atoms with E-state index < -0.39 is 29.9 Å². The topological polar surface area (TPSA) is 157 Å². The average molecular weight is 434 g/mol. The minimum Gasteiger partial charge on any atom is -0.508 e. The van der Waals surface area contributed by atoms with Gasteiger partial charge in [0.05, 0.1) is 12.6 Å². The molecule has 0 spiro atoms. The number of hydrogen-bond acceptors (Lipinski definition) is 6. The summed E-state index contributed by atoms with van der Waals surface area (Å²) < 4.78 is 0. The SMILES string of the molecule is CC(C)C(NC(=O)C(Cc1ccc(O)cc1)NC(=O)CNC(=O)C1CCCN1)C(=O)O. The van der Waals surface area contributed by atoms with Gasteiger partial charge in [0.25, 0.3) is 0 Å². The van der Waals surface area contributed by atoms with Crippen molar-refractivity contribution in [3.8, 4) is 5.75 Å². The molecule has 1 fully saturated rings. The van der Waals surface area contributed by atoms with Crippen LogP contribution in [0.25, 0.3) is 0 Å². The van der Waals surface area contributed by atoms with E-state index in [4.69, 9.17) is 0 Å². The van der Waals surface area contributed by atoms with Crippen molar-refractivity contribution in [3.05, 3.63) is 29.8 Å². The van der Waals surface area contributed by atoms with Gasteiger partial charge in [-0.1, -0.05) is 26.0 Å². The number of phenols is 1. The average Bonchev–Trinajstić information content (AvgIpc) is 3.25. The number of phenolic OH excluding ortho intramolecular Hbond substituents is 1. The van der Waals surface area contributed by atoms with Gasteiger partial charge in [-0.15, -0.1) is 0 Å². The molecule has 0 saturated carbocycles. The number of nitrogens with one attached hydrogen (secondary N) is 4.